The number of rotatable bonds is 19. The predicted octanol–water partition coefficient (Wildman–Crippen LogP) is 4.54. The summed E-state index contributed by atoms with van der Waals surface area (Å²) in [5.41, 5.74) is 0. The quantitative estimate of drug-likeness (QED) is 0.233. The summed E-state index contributed by atoms with van der Waals surface area (Å²) in [6.07, 6.45) is 7.69. The van der Waals surface area contributed by atoms with Gasteiger partial charge in [0.25, 0.3) is 0 Å². The molecule has 0 aromatic heterocycles. The zero-order chi connectivity index (χ0) is 21.0. The highest BCUT2D eigenvalue weighted by Gasteiger charge is 2.17. The van der Waals surface area contributed by atoms with Crippen molar-refractivity contribution in [1.82, 2.24) is 0 Å². The van der Waals surface area contributed by atoms with Gasteiger partial charge in [-0.05, 0) is 25.7 Å². The number of hydrogen-bond acceptors (Lipinski definition) is 6. The van der Waals surface area contributed by atoms with E-state index in [0.717, 1.165) is 51.4 Å². The molecule has 0 spiro atoms. The molecule has 0 aromatic carbocycles. The fraction of sp³-hybridized carbons (Fsp3) is 0.909. The molecule has 0 amide bonds. The van der Waals surface area contributed by atoms with Gasteiger partial charge in [0.05, 0.1) is 38.3 Å². The van der Waals surface area contributed by atoms with Gasteiger partial charge in [-0.15, -0.1) is 0 Å². The van der Waals surface area contributed by atoms with Gasteiger partial charge in [0.1, 0.15) is 13.2 Å². The van der Waals surface area contributed by atoms with E-state index in [2.05, 4.69) is 13.8 Å². The summed E-state index contributed by atoms with van der Waals surface area (Å²) in [4.78, 5) is 23.9. The van der Waals surface area contributed by atoms with E-state index in [1.807, 2.05) is 13.8 Å². The molecule has 0 N–H and O–H groups in total. The van der Waals surface area contributed by atoms with Crippen molar-refractivity contribution < 1.29 is 28.5 Å². The largest absolute Gasteiger partial charge is 0.463 e. The first kappa shape index (κ1) is 26.9. The average Bonchev–Trinajstić information content (AvgIpc) is 2.70. The van der Waals surface area contributed by atoms with E-state index < -0.39 is 0 Å². The number of hydrogen-bond donors (Lipinski definition) is 0. The Morgan fingerprint density at radius 2 is 0.964 bits per heavy atom. The van der Waals surface area contributed by atoms with Gasteiger partial charge in [-0.3, -0.25) is 9.59 Å². The smallest absolute Gasteiger partial charge is 0.308 e. The number of esters is 2. The van der Waals surface area contributed by atoms with Gasteiger partial charge in [0.15, 0.2) is 0 Å². The molecular weight excluding hydrogens is 360 g/mol. The number of carbonyl (C=O) groups excluding carboxylic acids is 2. The standard InChI is InChI=1S/C22H42O6/c1-5-9-11-19(7-3)21(23)27-17-15-25-13-14-26-16-18-28-22(24)20(8-4)12-10-6-2/h19-20H,5-18H2,1-4H3/t19-,20+. The summed E-state index contributed by atoms with van der Waals surface area (Å²) >= 11 is 0. The molecule has 0 aliphatic rings. The third-order valence-electron chi connectivity index (χ3n) is 4.78. The molecule has 0 bridgehead atoms. The molecule has 0 aromatic rings. The lowest BCUT2D eigenvalue weighted by Gasteiger charge is -2.14. The first-order chi connectivity index (χ1) is 13.6. The van der Waals surface area contributed by atoms with Crippen LogP contribution in [0.2, 0.25) is 0 Å². The van der Waals surface area contributed by atoms with Crippen molar-refractivity contribution in [3.05, 3.63) is 0 Å². The Labute approximate surface area is 171 Å². The minimum absolute atomic E-state index is 0.000252. The van der Waals surface area contributed by atoms with E-state index in [1.165, 1.54) is 0 Å². The maximum absolute atomic E-state index is 11.9. The fourth-order valence-electron chi connectivity index (χ4n) is 2.84. The summed E-state index contributed by atoms with van der Waals surface area (Å²) in [6.45, 7) is 10.4. The highest BCUT2D eigenvalue weighted by Crippen LogP contribution is 2.15. The Morgan fingerprint density at radius 3 is 1.29 bits per heavy atom. The first-order valence-electron chi connectivity index (χ1n) is 11.1. The second kappa shape index (κ2) is 19.2. The van der Waals surface area contributed by atoms with Crippen LogP contribution in [0, 0.1) is 11.8 Å². The highest BCUT2D eigenvalue weighted by atomic mass is 16.6. The summed E-state index contributed by atoms with van der Waals surface area (Å²) in [5, 5.41) is 0. The molecule has 0 fully saturated rings. The Hall–Kier alpha value is -1.14. The molecule has 28 heavy (non-hydrogen) atoms. The molecule has 0 heterocycles. The van der Waals surface area contributed by atoms with Crippen molar-refractivity contribution in [2.24, 2.45) is 11.8 Å². The van der Waals surface area contributed by atoms with Crippen LogP contribution in [-0.2, 0) is 28.5 Å². The van der Waals surface area contributed by atoms with Crippen molar-refractivity contribution in [1.29, 1.82) is 0 Å². The van der Waals surface area contributed by atoms with E-state index in [4.69, 9.17) is 18.9 Å². The van der Waals surface area contributed by atoms with Crippen molar-refractivity contribution >= 4 is 11.9 Å². The van der Waals surface area contributed by atoms with Gasteiger partial charge in [-0.25, -0.2) is 0 Å². The van der Waals surface area contributed by atoms with Crippen LogP contribution in [0.1, 0.15) is 79.1 Å². The van der Waals surface area contributed by atoms with E-state index >= 15 is 0 Å². The maximum atomic E-state index is 11.9. The van der Waals surface area contributed by atoms with Gasteiger partial charge in [0, 0.05) is 0 Å². The monoisotopic (exact) mass is 402 g/mol. The summed E-state index contributed by atoms with van der Waals surface area (Å²) in [5.74, 6) is -0.246. The summed E-state index contributed by atoms with van der Waals surface area (Å²) in [7, 11) is 0. The third kappa shape index (κ3) is 13.9. The molecule has 2 atom stereocenters. The molecule has 0 unspecified atom stereocenters. The van der Waals surface area contributed by atoms with Crippen LogP contribution in [0.5, 0.6) is 0 Å². The third-order valence-corrected chi connectivity index (χ3v) is 4.78. The molecule has 6 nitrogen and oxygen atoms in total. The van der Waals surface area contributed by atoms with E-state index in [0.29, 0.717) is 26.4 Å². The molecule has 166 valence electrons. The van der Waals surface area contributed by atoms with Gasteiger partial charge in [0.2, 0.25) is 0 Å². The molecule has 0 radical (unpaired) electrons. The number of ether oxygens (including phenoxy) is 4. The summed E-state index contributed by atoms with van der Waals surface area (Å²) < 4.78 is 21.3. The summed E-state index contributed by atoms with van der Waals surface area (Å²) in [6, 6.07) is 0. The molecule has 0 aliphatic heterocycles. The SMILES string of the molecule is CCCC[C@@H](CC)C(=O)OCCOCCOCCOC(=O)[C@@H](CC)CCCC. The lowest BCUT2D eigenvalue weighted by molar-refractivity contribution is -0.152. The van der Waals surface area contributed by atoms with Crippen LogP contribution in [0.4, 0.5) is 0 Å². The van der Waals surface area contributed by atoms with Crippen LogP contribution in [0.15, 0.2) is 0 Å². The second-order valence-corrected chi connectivity index (χ2v) is 7.05. The van der Waals surface area contributed by atoms with E-state index in [1.54, 1.807) is 0 Å². The van der Waals surface area contributed by atoms with Crippen LogP contribution in [0.3, 0.4) is 0 Å². The first-order valence-corrected chi connectivity index (χ1v) is 11.1. The van der Waals surface area contributed by atoms with Gasteiger partial charge >= 0.3 is 11.9 Å². The van der Waals surface area contributed by atoms with Crippen LogP contribution >= 0.6 is 0 Å². The zero-order valence-electron chi connectivity index (χ0n) is 18.5. The van der Waals surface area contributed by atoms with Crippen LogP contribution < -0.4 is 0 Å². The maximum Gasteiger partial charge on any atom is 0.308 e. The number of carbonyl (C=O) groups is 2. The Kier molecular flexibility index (Phi) is 18.4. The average molecular weight is 403 g/mol. The normalized spacial score (nSPS) is 13.1. The molecular formula is C22H42O6. The Balaban J connectivity index is 3.57. The minimum atomic E-state index is -0.123. The van der Waals surface area contributed by atoms with Crippen molar-refractivity contribution in [2.75, 3.05) is 39.6 Å². The molecule has 0 saturated heterocycles. The lowest BCUT2D eigenvalue weighted by atomic mass is 10.00. The predicted molar refractivity (Wildman–Crippen MR) is 110 cm³/mol. The Morgan fingerprint density at radius 1 is 0.607 bits per heavy atom. The van der Waals surface area contributed by atoms with Crippen molar-refractivity contribution in [3.63, 3.8) is 0 Å². The van der Waals surface area contributed by atoms with Crippen molar-refractivity contribution in [2.45, 2.75) is 79.1 Å². The number of unbranched alkanes of at least 4 members (excludes halogenated alkanes) is 2. The van der Waals surface area contributed by atoms with Crippen molar-refractivity contribution in [3.8, 4) is 0 Å². The van der Waals surface area contributed by atoms with Crippen LogP contribution in [0.25, 0.3) is 0 Å². The highest BCUT2D eigenvalue weighted by molar-refractivity contribution is 5.72. The van der Waals surface area contributed by atoms with E-state index in [-0.39, 0.29) is 37.0 Å². The van der Waals surface area contributed by atoms with Crippen LogP contribution in [-0.4, -0.2) is 51.6 Å². The lowest BCUT2D eigenvalue weighted by Crippen LogP contribution is -2.21. The minimum Gasteiger partial charge on any atom is -0.463 e. The second-order valence-electron chi connectivity index (χ2n) is 7.05. The Bertz CT molecular complexity index is 349. The fourth-order valence-corrected chi connectivity index (χ4v) is 2.84. The topological polar surface area (TPSA) is 71.1 Å². The van der Waals surface area contributed by atoms with Gasteiger partial charge in [-0.2, -0.15) is 0 Å². The molecule has 0 aliphatic carbocycles. The molecule has 6 heteroatoms. The van der Waals surface area contributed by atoms with E-state index in [9.17, 15) is 9.59 Å². The molecule has 0 rings (SSSR count). The molecule has 0 saturated carbocycles. The van der Waals surface area contributed by atoms with Gasteiger partial charge < -0.3 is 18.9 Å². The zero-order valence-corrected chi connectivity index (χ0v) is 18.5. The van der Waals surface area contributed by atoms with Gasteiger partial charge in [-0.1, -0.05) is 53.4 Å².